The predicted octanol–water partition coefficient (Wildman–Crippen LogP) is 2.80. The highest BCUT2D eigenvalue weighted by Gasteiger charge is 2.08. The quantitative estimate of drug-likeness (QED) is 0.719. The lowest BCUT2D eigenvalue weighted by molar-refractivity contribution is 0.416. The highest BCUT2D eigenvalue weighted by Crippen LogP contribution is 2.32. The van der Waals surface area contributed by atoms with Crippen LogP contribution in [0, 0.1) is 12.3 Å². The third-order valence-electron chi connectivity index (χ3n) is 1.99. The van der Waals surface area contributed by atoms with E-state index in [-0.39, 0.29) is 0 Å². The zero-order valence-corrected chi connectivity index (χ0v) is 9.04. The molecule has 0 saturated heterocycles. The van der Waals surface area contributed by atoms with Gasteiger partial charge in [-0.1, -0.05) is 18.1 Å². The van der Waals surface area contributed by atoms with Crippen molar-refractivity contribution in [1.82, 2.24) is 4.98 Å². The molecule has 0 bridgehead atoms. The first-order valence-corrected chi connectivity index (χ1v) is 5.22. The highest BCUT2D eigenvalue weighted by atomic mass is 32.1. The molecule has 2 rings (SSSR count). The summed E-state index contributed by atoms with van der Waals surface area (Å²) in [5, 5.41) is 0.889. The van der Waals surface area contributed by atoms with E-state index in [1.54, 1.807) is 13.3 Å². The van der Waals surface area contributed by atoms with E-state index in [0.29, 0.717) is 0 Å². The van der Waals surface area contributed by atoms with Crippen LogP contribution in [-0.2, 0) is 0 Å². The molecule has 3 heteroatoms. The van der Waals surface area contributed by atoms with Crippen LogP contribution in [0.3, 0.4) is 0 Å². The smallest absolute Gasteiger partial charge is 0.129 e. The van der Waals surface area contributed by atoms with Gasteiger partial charge < -0.3 is 4.74 Å². The van der Waals surface area contributed by atoms with Crippen molar-refractivity contribution in [2.24, 2.45) is 0 Å². The summed E-state index contributed by atoms with van der Waals surface area (Å²) < 4.78 is 5.26. The zero-order chi connectivity index (χ0) is 10.7. The van der Waals surface area contributed by atoms with E-state index in [4.69, 9.17) is 11.2 Å². The van der Waals surface area contributed by atoms with E-state index in [9.17, 15) is 0 Å². The summed E-state index contributed by atoms with van der Waals surface area (Å²) in [5.41, 5.74) is 0.978. The van der Waals surface area contributed by atoms with Crippen LogP contribution in [0.25, 0.3) is 10.6 Å². The van der Waals surface area contributed by atoms with Gasteiger partial charge in [0.05, 0.1) is 23.7 Å². The fraction of sp³-hybridized carbons (Fsp3) is 0.0833. The molecule has 0 N–H and O–H groups in total. The Labute approximate surface area is 92.6 Å². The predicted molar refractivity (Wildman–Crippen MR) is 62.0 cm³/mol. The van der Waals surface area contributed by atoms with Crippen molar-refractivity contribution in [3.8, 4) is 28.7 Å². The minimum Gasteiger partial charge on any atom is -0.496 e. The summed E-state index contributed by atoms with van der Waals surface area (Å²) in [4.78, 5) is 5.09. The maximum absolute atomic E-state index is 5.30. The van der Waals surface area contributed by atoms with Crippen molar-refractivity contribution in [1.29, 1.82) is 0 Å². The minimum atomic E-state index is 0.815. The molecule has 0 spiro atoms. The van der Waals surface area contributed by atoms with Crippen LogP contribution in [0.5, 0.6) is 5.75 Å². The van der Waals surface area contributed by atoms with E-state index in [0.717, 1.165) is 21.2 Å². The van der Waals surface area contributed by atoms with Crippen molar-refractivity contribution in [2.75, 3.05) is 7.11 Å². The summed E-state index contributed by atoms with van der Waals surface area (Å²) in [6.07, 6.45) is 7.00. The Balaban J connectivity index is 2.49. The maximum Gasteiger partial charge on any atom is 0.129 e. The van der Waals surface area contributed by atoms with Crippen molar-refractivity contribution < 1.29 is 4.74 Å². The third kappa shape index (κ3) is 1.85. The van der Waals surface area contributed by atoms with Gasteiger partial charge in [0.1, 0.15) is 10.8 Å². The number of nitrogens with zero attached hydrogens (tertiary/aromatic N) is 1. The molecular formula is C12H9NOS. The van der Waals surface area contributed by atoms with Crippen LogP contribution in [0.4, 0.5) is 0 Å². The second kappa shape index (κ2) is 4.16. The number of methoxy groups -OCH3 is 1. The molecule has 0 aliphatic carbocycles. The lowest BCUT2D eigenvalue weighted by Gasteiger charge is -2.04. The third-order valence-corrected chi connectivity index (χ3v) is 2.95. The van der Waals surface area contributed by atoms with Crippen LogP contribution in [0.1, 0.15) is 4.88 Å². The Bertz CT molecular complexity index is 510. The number of ether oxygens (including phenoxy) is 1. The van der Waals surface area contributed by atoms with Gasteiger partial charge in [0, 0.05) is 0 Å². The standard InChI is InChI=1S/C12H9NOS/c1-3-9-8-13-12(15-9)10-6-4-5-7-11(10)14-2/h1,4-8H,2H3. The van der Waals surface area contributed by atoms with Crippen LogP contribution in [0.2, 0.25) is 0 Å². The molecule has 0 saturated carbocycles. The van der Waals surface area contributed by atoms with Crippen molar-refractivity contribution in [3.05, 3.63) is 35.3 Å². The van der Waals surface area contributed by atoms with Crippen molar-refractivity contribution in [2.45, 2.75) is 0 Å². The zero-order valence-electron chi connectivity index (χ0n) is 8.23. The average Bonchev–Trinajstić information content (AvgIpc) is 2.77. The molecule has 2 nitrogen and oxygen atoms in total. The molecule has 0 unspecified atom stereocenters. The molecule has 1 aromatic heterocycles. The van der Waals surface area contributed by atoms with E-state index in [1.807, 2.05) is 24.3 Å². The first kappa shape index (κ1) is 9.75. The topological polar surface area (TPSA) is 22.1 Å². The summed E-state index contributed by atoms with van der Waals surface area (Å²) in [5.74, 6) is 3.38. The fourth-order valence-corrected chi connectivity index (χ4v) is 2.04. The van der Waals surface area contributed by atoms with Crippen molar-refractivity contribution >= 4 is 11.3 Å². The molecule has 0 amide bonds. The van der Waals surface area contributed by atoms with Crippen LogP contribution in [-0.4, -0.2) is 12.1 Å². The number of benzene rings is 1. The van der Waals surface area contributed by atoms with E-state index in [2.05, 4.69) is 10.9 Å². The van der Waals surface area contributed by atoms with Gasteiger partial charge in [0.25, 0.3) is 0 Å². The second-order valence-corrected chi connectivity index (χ2v) is 3.90. The number of para-hydroxylation sites is 1. The van der Waals surface area contributed by atoms with Gasteiger partial charge in [-0.2, -0.15) is 0 Å². The Morgan fingerprint density at radius 2 is 2.20 bits per heavy atom. The summed E-state index contributed by atoms with van der Waals surface area (Å²) in [6.45, 7) is 0. The Morgan fingerprint density at radius 1 is 1.40 bits per heavy atom. The van der Waals surface area contributed by atoms with Crippen LogP contribution < -0.4 is 4.74 Å². The summed E-state index contributed by atoms with van der Waals surface area (Å²) >= 11 is 1.49. The molecule has 2 aromatic rings. The number of thiazole rings is 1. The molecule has 1 aromatic carbocycles. The Morgan fingerprint density at radius 3 is 2.87 bits per heavy atom. The highest BCUT2D eigenvalue weighted by molar-refractivity contribution is 7.15. The number of hydrogen-bond acceptors (Lipinski definition) is 3. The van der Waals surface area contributed by atoms with Gasteiger partial charge in [0.15, 0.2) is 0 Å². The molecule has 0 aliphatic heterocycles. The number of rotatable bonds is 2. The van der Waals surface area contributed by atoms with E-state index in [1.165, 1.54) is 11.3 Å². The van der Waals surface area contributed by atoms with Crippen LogP contribution in [0.15, 0.2) is 30.5 Å². The Kier molecular flexibility index (Phi) is 2.70. The van der Waals surface area contributed by atoms with Gasteiger partial charge in [-0.25, -0.2) is 4.98 Å². The average molecular weight is 215 g/mol. The number of aromatic nitrogens is 1. The first-order valence-electron chi connectivity index (χ1n) is 4.41. The molecule has 15 heavy (non-hydrogen) atoms. The van der Waals surface area contributed by atoms with Crippen molar-refractivity contribution in [3.63, 3.8) is 0 Å². The van der Waals surface area contributed by atoms with Crippen LogP contribution >= 0.6 is 11.3 Å². The Hall–Kier alpha value is -1.79. The number of terminal acetylenes is 1. The molecule has 74 valence electrons. The molecule has 1 heterocycles. The number of hydrogen-bond donors (Lipinski definition) is 0. The minimum absolute atomic E-state index is 0.815. The second-order valence-electron chi connectivity index (χ2n) is 2.87. The van der Waals surface area contributed by atoms with Gasteiger partial charge in [-0.3, -0.25) is 0 Å². The lowest BCUT2D eigenvalue weighted by atomic mass is 10.2. The normalized spacial score (nSPS) is 9.60. The van der Waals surface area contributed by atoms with Gasteiger partial charge in [-0.05, 0) is 12.1 Å². The largest absolute Gasteiger partial charge is 0.496 e. The SMILES string of the molecule is C#Cc1cnc(-c2ccccc2OC)s1. The lowest BCUT2D eigenvalue weighted by Crippen LogP contribution is -1.85. The molecule has 0 radical (unpaired) electrons. The maximum atomic E-state index is 5.30. The molecule has 0 atom stereocenters. The van der Waals surface area contributed by atoms with E-state index < -0.39 is 0 Å². The molecule has 0 aliphatic rings. The first-order chi connectivity index (χ1) is 7.35. The van der Waals surface area contributed by atoms with Gasteiger partial charge >= 0.3 is 0 Å². The monoisotopic (exact) mass is 215 g/mol. The molecular weight excluding hydrogens is 206 g/mol. The van der Waals surface area contributed by atoms with Gasteiger partial charge in [0.2, 0.25) is 0 Å². The fourth-order valence-electron chi connectivity index (χ4n) is 1.29. The van der Waals surface area contributed by atoms with Gasteiger partial charge in [-0.15, -0.1) is 17.8 Å². The summed E-state index contributed by atoms with van der Waals surface area (Å²) in [6, 6.07) is 7.76. The molecule has 0 fully saturated rings. The summed E-state index contributed by atoms with van der Waals surface area (Å²) in [7, 11) is 1.65. The van der Waals surface area contributed by atoms with E-state index >= 15 is 0 Å².